The molecule has 2 aromatic rings. The molecule has 4 heteroatoms. The number of urea groups is 1. The van der Waals surface area contributed by atoms with E-state index in [9.17, 15) is 4.79 Å². The quantitative estimate of drug-likeness (QED) is 0.710. The fourth-order valence-electron chi connectivity index (χ4n) is 2.60. The van der Waals surface area contributed by atoms with E-state index in [1.54, 1.807) is 0 Å². The number of anilines is 1. The predicted octanol–water partition coefficient (Wildman–Crippen LogP) is 3.62. The van der Waals surface area contributed by atoms with Crippen molar-refractivity contribution in [1.29, 1.82) is 0 Å². The van der Waals surface area contributed by atoms with E-state index in [-0.39, 0.29) is 6.03 Å². The molecule has 0 aliphatic heterocycles. The van der Waals surface area contributed by atoms with E-state index in [4.69, 9.17) is 11.6 Å². The van der Waals surface area contributed by atoms with Crippen molar-refractivity contribution < 1.29 is 4.79 Å². The summed E-state index contributed by atoms with van der Waals surface area (Å²) in [5.41, 5.74) is 5.81. The summed E-state index contributed by atoms with van der Waals surface area (Å²) in [5, 5.41) is 5.61. The number of hydrogen-bond donors (Lipinski definition) is 2. The van der Waals surface area contributed by atoms with Gasteiger partial charge >= 0.3 is 6.03 Å². The largest absolute Gasteiger partial charge is 0.337 e. The van der Waals surface area contributed by atoms with Crippen LogP contribution in [0.15, 0.2) is 42.5 Å². The van der Waals surface area contributed by atoms with Crippen LogP contribution in [0.3, 0.4) is 0 Å². The number of halogens is 1. The van der Waals surface area contributed by atoms with Crippen LogP contribution in [0.25, 0.3) is 11.1 Å². The number of hydrogen-bond acceptors (Lipinski definition) is 1. The second-order valence-electron chi connectivity index (χ2n) is 4.74. The van der Waals surface area contributed by atoms with Crippen molar-refractivity contribution in [3.8, 4) is 11.1 Å². The molecule has 0 heterocycles. The third-order valence-corrected chi connectivity index (χ3v) is 3.67. The molecule has 2 amide bonds. The maximum absolute atomic E-state index is 11.8. The van der Waals surface area contributed by atoms with Gasteiger partial charge in [-0.3, -0.25) is 0 Å². The monoisotopic (exact) mass is 286 g/mol. The van der Waals surface area contributed by atoms with E-state index in [0.29, 0.717) is 12.4 Å². The van der Waals surface area contributed by atoms with Crippen LogP contribution in [0.1, 0.15) is 11.1 Å². The normalized spacial score (nSPS) is 11.7. The van der Waals surface area contributed by atoms with Gasteiger partial charge in [0, 0.05) is 24.5 Å². The van der Waals surface area contributed by atoms with Crippen LogP contribution in [-0.2, 0) is 6.42 Å². The van der Waals surface area contributed by atoms with Crippen molar-refractivity contribution in [2.24, 2.45) is 0 Å². The molecule has 0 radical (unpaired) electrons. The maximum Gasteiger partial charge on any atom is 0.319 e. The van der Waals surface area contributed by atoms with Crippen LogP contribution < -0.4 is 10.6 Å². The summed E-state index contributed by atoms with van der Waals surface area (Å²) in [6, 6.07) is 14.1. The molecule has 0 unspecified atom stereocenters. The Bertz CT molecular complexity index is 655. The minimum absolute atomic E-state index is 0.213. The minimum atomic E-state index is -0.213. The smallest absolute Gasteiger partial charge is 0.319 e. The highest BCUT2D eigenvalue weighted by Crippen LogP contribution is 2.39. The van der Waals surface area contributed by atoms with Crippen LogP contribution in [-0.4, -0.2) is 18.5 Å². The van der Waals surface area contributed by atoms with Crippen LogP contribution in [0.4, 0.5) is 10.5 Å². The Morgan fingerprint density at radius 1 is 1.10 bits per heavy atom. The van der Waals surface area contributed by atoms with Crippen molar-refractivity contribution in [3.05, 3.63) is 53.6 Å². The molecule has 0 saturated heterocycles. The first-order valence-corrected chi connectivity index (χ1v) is 7.14. The average molecular weight is 287 g/mol. The van der Waals surface area contributed by atoms with Gasteiger partial charge in [0.1, 0.15) is 0 Å². The molecule has 20 heavy (non-hydrogen) atoms. The number of amides is 2. The highest BCUT2D eigenvalue weighted by molar-refractivity contribution is 6.18. The molecule has 3 nitrogen and oxygen atoms in total. The van der Waals surface area contributed by atoms with Gasteiger partial charge in [-0.25, -0.2) is 4.79 Å². The molecule has 0 fully saturated rings. The summed E-state index contributed by atoms with van der Waals surface area (Å²) >= 11 is 5.56. The highest BCUT2D eigenvalue weighted by Gasteiger charge is 2.20. The van der Waals surface area contributed by atoms with Gasteiger partial charge in [-0.2, -0.15) is 0 Å². The van der Waals surface area contributed by atoms with Gasteiger partial charge in [-0.1, -0.05) is 36.4 Å². The molecule has 0 saturated carbocycles. The van der Waals surface area contributed by atoms with E-state index >= 15 is 0 Å². The maximum atomic E-state index is 11.8. The lowest BCUT2D eigenvalue weighted by Crippen LogP contribution is -2.30. The molecular weight excluding hydrogens is 272 g/mol. The van der Waals surface area contributed by atoms with Crippen LogP contribution in [0.2, 0.25) is 0 Å². The molecule has 0 aromatic heterocycles. The van der Waals surface area contributed by atoms with Crippen molar-refractivity contribution in [3.63, 3.8) is 0 Å². The molecule has 3 rings (SSSR count). The van der Waals surface area contributed by atoms with Crippen LogP contribution >= 0.6 is 11.6 Å². The predicted molar refractivity (Wildman–Crippen MR) is 82.4 cm³/mol. The van der Waals surface area contributed by atoms with Gasteiger partial charge in [0.25, 0.3) is 0 Å². The highest BCUT2D eigenvalue weighted by atomic mass is 35.5. The average Bonchev–Trinajstić information content (AvgIpc) is 2.85. The van der Waals surface area contributed by atoms with Gasteiger partial charge in [-0.15, -0.1) is 11.6 Å². The van der Waals surface area contributed by atoms with Gasteiger partial charge < -0.3 is 10.6 Å². The van der Waals surface area contributed by atoms with Crippen LogP contribution in [0, 0.1) is 0 Å². The number of alkyl halides is 1. The Morgan fingerprint density at radius 3 is 2.75 bits per heavy atom. The Hall–Kier alpha value is -2.00. The van der Waals surface area contributed by atoms with E-state index in [1.807, 2.05) is 24.3 Å². The zero-order valence-electron chi connectivity index (χ0n) is 10.9. The molecule has 1 aliphatic carbocycles. The molecule has 102 valence electrons. The fourth-order valence-corrected chi connectivity index (χ4v) is 2.70. The molecule has 2 N–H and O–H groups in total. The second kappa shape index (κ2) is 5.55. The number of fused-ring (bicyclic) bond motifs is 3. The molecule has 0 spiro atoms. The SMILES string of the molecule is O=C(NCCCl)Nc1cccc2c1Cc1ccccc1-2. The number of nitrogens with one attached hydrogen (secondary N) is 2. The number of carbonyl (C=O) groups excluding carboxylic acids is 1. The van der Waals surface area contributed by atoms with Crippen molar-refractivity contribution in [2.45, 2.75) is 6.42 Å². The summed E-state index contributed by atoms with van der Waals surface area (Å²) < 4.78 is 0. The van der Waals surface area contributed by atoms with Gasteiger partial charge in [0.15, 0.2) is 0 Å². The fraction of sp³-hybridized carbons (Fsp3) is 0.188. The zero-order chi connectivity index (χ0) is 13.9. The Morgan fingerprint density at radius 2 is 1.90 bits per heavy atom. The Balaban J connectivity index is 1.88. The first-order valence-electron chi connectivity index (χ1n) is 6.60. The molecule has 2 aromatic carbocycles. The number of carbonyl (C=O) groups is 1. The van der Waals surface area contributed by atoms with E-state index < -0.39 is 0 Å². The number of benzene rings is 2. The summed E-state index contributed by atoms with van der Waals surface area (Å²) in [6.07, 6.45) is 0.859. The Labute approximate surface area is 123 Å². The molecule has 1 aliphatic rings. The van der Waals surface area contributed by atoms with Crippen LogP contribution in [0.5, 0.6) is 0 Å². The molecular formula is C16H15ClN2O. The van der Waals surface area contributed by atoms with Crippen molar-refractivity contribution in [2.75, 3.05) is 17.7 Å². The number of rotatable bonds is 3. The molecule has 0 atom stereocenters. The topological polar surface area (TPSA) is 41.1 Å². The summed E-state index contributed by atoms with van der Waals surface area (Å²) in [6.45, 7) is 0.461. The lowest BCUT2D eigenvalue weighted by atomic mass is 10.1. The summed E-state index contributed by atoms with van der Waals surface area (Å²) in [7, 11) is 0. The molecule has 0 bridgehead atoms. The van der Waals surface area contributed by atoms with E-state index in [0.717, 1.165) is 12.1 Å². The first-order chi connectivity index (χ1) is 9.79. The zero-order valence-corrected chi connectivity index (χ0v) is 11.7. The third kappa shape index (κ3) is 2.37. The third-order valence-electron chi connectivity index (χ3n) is 3.48. The van der Waals surface area contributed by atoms with Gasteiger partial charge in [0.05, 0.1) is 0 Å². The minimum Gasteiger partial charge on any atom is -0.337 e. The van der Waals surface area contributed by atoms with E-state index in [1.165, 1.54) is 22.3 Å². The summed E-state index contributed by atoms with van der Waals surface area (Å²) in [5.74, 6) is 0.408. The first kappa shape index (κ1) is 13.0. The van der Waals surface area contributed by atoms with Gasteiger partial charge in [0.2, 0.25) is 0 Å². The lowest BCUT2D eigenvalue weighted by Gasteiger charge is -2.10. The second-order valence-corrected chi connectivity index (χ2v) is 5.11. The van der Waals surface area contributed by atoms with Crippen molar-refractivity contribution in [1.82, 2.24) is 5.32 Å². The summed E-state index contributed by atoms with van der Waals surface area (Å²) in [4.78, 5) is 11.8. The van der Waals surface area contributed by atoms with Crippen molar-refractivity contribution >= 4 is 23.3 Å². The van der Waals surface area contributed by atoms with Gasteiger partial charge in [-0.05, 0) is 28.3 Å². The van der Waals surface area contributed by atoms with E-state index in [2.05, 4.69) is 28.8 Å². The standard InChI is InChI=1S/C16H15ClN2O/c17-8-9-18-16(20)19-15-7-3-6-13-12-5-2-1-4-11(12)10-14(13)15/h1-7H,8-10H2,(H2,18,19,20). The Kier molecular flexibility index (Phi) is 3.61. The lowest BCUT2D eigenvalue weighted by molar-refractivity contribution is 0.252.